The highest BCUT2D eigenvalue weighted by molar-refractivity contribution is 5.76. The summed E-state index contributed by atoms with van der Waals surface area (Å²) in [5.74, 6) is -1.09. The zero-order valence-electron chi connectivity index (χ0n) is 13.5. The monoisotopic (exact) mass is 286 g/mol. The van der Waals surface area contributed by atoms with Crippen LogP contribution >= 0.6 is 0 Å². The second-order valence-corrected chi connectivity index (χ2v) is 5.84. The van der Waals surface area contributed by atoms with E-state index >= 15 is 0 Å². The summed E-state index contributed by atoms with van der Waals surface area (Å²) in [7, 11) is 0. The topological polar surface area (TPSA) is 78.4 Å². The maximum absolute atomic E-state index is 11.9. The standard InChI is InChI=1S/C15H30N2O3/c1-6-15(7-2,8-3)17-14(20)16-10-12(13(18)19)9-11(4)5/h11-12H,6-10H2,1-5H3,(H,18,19)(H2,16,17,20). The molecule has 20 heavy (non-hydrogen) atoms. The van der Waals surface area contributed by atoms with Gasteiger partial charge in [0.05, 0.1) is 5.92 Å². The van der Waals surface area contributed by atoms with E-state index in [1.165, 1.54) is 0 Å². The number of carbonyl (C=O) groups excluding carboxylic acids is 1. The average molecular weight is 286 g/mol. The molecule has 3 N–H and O–H groups in total. The van der Waals surface area contributed by atoms with Gasteiger partial charge in [0.2, 0.25) is 0 Å². The highest BCUT2D eigenvalue weighted by Gasteiger charge is 2.26. The normalized spacial score (nSPS) is 13.1. The number of amides is 2. The van der Waals surface area contributed by atoms with Crippen LogP contribution in [0.2, 0.25) is 0 Å². The van der Waals surface area contributed by atoms with Crippen molar-refractivity contribution in [1.29, 1.82) is 0 Å². The summed E-state index contributed by atoms with van der Waals surface area (Å²) in [6.45, 7) is 10.3. The van der Waals surface area contributed by atoms with Crippen molar-refractivity contribution in [3.05, 3.63) is 0 Å². The zero-order valence-corrected chi connectivity index (χ0v) is 13.5. The molecule has 5 heteroatoms. The number of carbonyl (C=O) groups is 2. The Morgan fingerprint density at radius 1 is 1.10 bits per heavy atom. The molecule has 0 aliphatic carbocycles. The quantitative estimate of drug-likeness (QED) is 0.609. The number of hydrogen-bond donors (Lipinski definition) is 3. The Balaban J connectivity index is 4.42. The van der Waals surface area contributed by atoms with Crippen LogP contribution in [0.3, 0.4) is 0 Å². The first-order valence-corrected chi connectivity index (χ1v) is 7.59. The van der Waals surface area contributed by atoms with Crippen molar-refractivity contribution < 1.29 is 14.7 Å². The molecule has 0 saturated carbocycles. The van der Waals surface area contributed by atoms with Crippen molar-refractivity contribution in [1.82, 2.24) is 10.6 Å². The van der Waals surface area contributed by atoms with E-state index in [1.54, 1.807) is 0 Å². The Bertz CT molecular complexity index is 304. The second kappa shape index (κ2) is 8.82. The Morgan fingerprint density at radius 3 is 1.95 bits per heavy atom. The van der Waals surface area contributed by atoms with Gasteiger partial charge >= 0.3 is 12.0 Å². The number of aliphatic carboxylic acids is 1. The first-order chi connectivity index (χ1) is 9.30. The Morgan fingerprint density at radius 2 is 1.60 bits per heavy atom. The van der Waals surface area contributed by atoms with E-state index in [-0.39, 0.29) is 18.1 Å². The lowest BCUT2D eigenvalue weighted by atomic mass is 9.90. The van der Waals surface area contributed by atoms with Crippen LogP contribution in [-0.2, 0) is 4.79 Å². The van der Waals surface area contributed by atoms with Gasteiger partial charge in [0.15, 0.2) is 0 Å². The van der Waals surface area contributed by atoms with Gasteiger partial charge in [-0.2, -0.15) is 0 Å². The number of urea groups is 1. The number of nitrogens with one attached hydrogen (secondary N) is 2. The number of carboxylic acid groups (broad SMARTS) is 1. The van der Waals surface area contributed by atoms with E-state index in [2.05, 4.69) is 10.6 Å². The van der Waals surface area contributed by atoms with Crippen LogP contribution < -0.4 is 10.6 Å². The zero-order chi connectivity index (χ0) is 15.8. The predicted octanol–water partition coefficient (Wildman–Crippen LogP) is 3.00. The molecule has 1 atom stereocenters. The molecule has 0 radical (unpaired) electrons. The molecule has 118 valence electrons. The number of hydrogen-bond acceptors (Lipinski definition) is 2. The third-order valence-electron chi connectivity index (χ3n) is 4.02. The van der Waals surface area contributed by atoms with Crippen molar-refractivity contribution in [3.63, 3.8) is 0 Å². The summed E-state index contributed by atoms with van der Waals surface area (Å²) in [5, 5.41) is 14.8. The van der Waals surface area contributed by atoms with Gasteiger partial charge in [-0.1, -0.05) is 34.6 Å². The summed E-state index contributed by atoms with van der Waals surface area (Å²) in [6, 6.07) is -0.273. The minimum Gasteiger partial charge on any atom is -0.481 e. The first kappa shape index (κ1) is 18.7. The Kier molecular flexibility index (Phi) is 8.26. The molecule has 0 aromatic carbocycles. The van der Waals surface area contributed by atoms with E-state index in [9.17, 15) is 9.59 Å². The van der Waals surface area contributed by atoms with Crippen molar-refractivity contribution in [2.45, 2.75) is 65.8 Å². The SMILES string of the molecule is CCC(CC)(CC)NC(=O)NCC(CC(C)C)C(=O)O. The highest BCUT2D eigenvalue weighted by Crippen LogP contribution is 2.19. The van der Waals surface area contributed by atoms with Crippen LogP contribution in [0.1, 0.15) is 60.3 Å². The summed E-state index contributed by atoms with van der Waals surface area (Å²) in [4.78, 5) is 23.1. The van der Waals surface area contributed by atoms with Crippen LogP contribution in [0.25, 0.3) is 0 Å². The molecule has 0 aromatic rings. The number of rotatable bonds is 9. The smallest absolute Gasteiger partial charge is 0.315 e. The predicted molar refractivity (Wildman–Crippen MR) is 80.7 cm³/mol. The third-order valence-corrected chi connectivity index (χ3v) is 4.02. The molecule has 2 amide bonds. The van der Waals surface area contributed by atoms with E-state index < -0.39 is 11.9 Å². The van der Waals surface area contributed by atoms with Crippen molar-refractivity contribution in [2.24, 2.45) is 11.8 Å². The molecule has 0 saturated heterocycles. The van der Waals surface area contributed by atoms with Gasteiger partial charge in [0.25, 0.3) is 0 Å². The fraction of sp³-hybridized carbons (Fsp3) is 0.867. The molecule has 0 aromatic heterocycles. The van der Waals surface area contributed by atoms with Crippen LogP contribution in [0.4, 0.5) is 4.79 Å². The van der Waals surface area contributed by atoms with Gasteiger partial charge in [-0.15, -0.1) is 0 Å². The summed E-state index contributed by atoms with van der Waals surface area (Å²) in [5.41, 5.74) is -0.194. The number of carboxylic acids is 1. The molecule has 0 rings (SSSR count). The maximum Gasteiger partial charge on any atom is 0.315 e. The second-order valence-electron chi connectivity index (χ2n) is 5.84. The average Bonchev–Trinajstić information content (AvgIpc) is 2.40. The lowest BCUT2D eigenvalue weighted by Gasteiger charge is -2.32. The molecule has 0 bridgehead atoms. The fourth-order valence-corrected chi connectivity index (χ4v) is 2.36. The molecular weight excluding hydrogens is 256 g/mol. The van der Waals surface area contributed by atoms with E-state index in [4.69, 9.17) is 5.11 Å². The fourth-order valence-electron chi connectivity index (χ4n) is 2.36. The van der Waals surface area contributed by atoms with E-state index in [0.717, 1.165) is 19.3 Å². The van der Waals surface area contributed by atoms with Crippen molar-refractivity contribution in [2.75, 3.05) is 6.54 Å². The van der Waals surface area contributed by atoms with Gasteiger partial charge in [-0.3, -0.25) is 4.79 Å². The summed E-state index contributed by atoms with van der Waals surface area (Å²) >= 11 is 0. The summed E-state index contributed by atoms with van der Waals surface area (Å²) in [6.07, 6.45) is 3.15. The van der Waals surface area contributed by atoms with Crippen LogP contribution in [0.5, 0.6) is 0 Å². The van der Waals surface area contributed by atoms with Gasteiger partial charge in [0.1, 0.15) is 0 Å². The molecular formula is C15H30N2O3. The van der Waals surface area contributed by atoms with Crippen molar-refractivity contribution in [3.8, 4) is 0 Å². The van der Waals surface area contributed by atoms with Gasteiger partial charge in [-0.25, -0.2) is 4.79 Å². The lowest BCUT2D eigenvalue weighted by molar-refractivity contribution is -0.142. The van der Waals surface area contributed by atoms with E-state index in [1.807, 2.05) is 34.6 Å². The lowest BCUT2D eigenvalue weighted by Crippen LogP contribution is -2.52. The van der Waals surface area contributed by atoms with Gasteiger partial charge in [-0.05, 0) is 31.6 Å². The van der Waals surface area contributed by atoms with Crippen LogP contribution in [0.15, 0.2) is 0 Å². The summed E-state index contributed by atoms with van der Waals surface area (Å²) < 4.78 is 0. The van der Waals surface area contributed by atoms with E-state index in [0.29, 0.717) is 12.3 Å². The van der Waals surface area contributed by atoms with Gasteiger partial charge < -0.3 is 15.7 Å². The minimum absolute atomic E-state index is 0.173. The van der Waals surface area contributed by atoms with Crippen molar-refractivity contribution >= 4 is 12.0 Å². The molecule has 0 heterocycles. The molecule has 1 unspecified atom stereocenters. The third kappa shape index (κ3) is 6.26. The Hall–Kier alpha value is -1.26. The molecule has 5 nitrogen and oxygen atoms in total. The maximum atomic E-state index is 11.9. The Labute approximate surface area is 122 Å². The highest BCUT2D eigenvalue weighted by atomic mass is 16.4. The van der Waals surface area contributed by atoms with Gasteiger partial charge in [0, 0.05) is 12.1 Å². The molecule has 0 fully saturated rings. The minimum atomic E-state index is -0.855. The molecule has 0 aliphatic heterocycles. The first-order valence-electron chi connectivity index (χ1n) is 7.59. The largest absolute Gasteiger partial charge is 0.481 e. The molecule has 0 aliphatic rings. The molecule has 0 spiro atoms. The van der Waals surface area contributed by atoms with Crippen LogP contribution in [-0.4, -0.2) is 29.2 Å². The van der Waals surface area contributed by atoms with Crippen LogP contribution in [0, 0.1) is 11.8 Å².